The van der Waals surface area contributed by atoms with E-state index in [1.165, 1.54) is 0 Å². The van der Waals surface area contributed by atoms with Crippen molar-refractivity contribution in [2.75, 3.05) is 5.32 Å². The first-order valence-electron chi connectivity index (χ1n) is 9.89. The summed E-state index contributed by atoms with van der Waals surface area (Å²) in [5.41, 5.74) is 3.67. The molecule has 1 aliphatic heterocycles. The SMILES string of the molecule is O=C(N/C(=C\c1ccccc1Cl)C1=Nc2cccc3cccc(c23)N1)c1ccccc1. The minimum atomic E-state index is -0.222. The van der Waals surface area contributed by atoms with Crippen molar-refractivity contribution in [3.05, 3.63) is 113 Å². The fourth-order valence-electron chi connectivity index (χ4n) is 3.62. The van der Waals surface area contributed by atoms with Crippen LogP contribution < -0.4 is 10.6 Å². The third-order valence-corrected chi connectivity index (χ3v) is 5.46. The molecule has 5 rings (SSSR count). The molecule has 4 aromatic rings. The molecule has 0 fully saturated rings. The van der Waals surface area contributed by atoms with Gasteiger partial charge in [-0.1, -0.05) is 72.3 Å². The van der Waals surface area contributed by atoms with Gasteiger partial charge in [0.2, 0.25) is 0 Å². The molecule has 0 spiro atoms. The van der Waals surface area contributed by atoms with Crippen molar-refractivity contribution < 1.29 is 4.79 Å². The number of nitrogens with zero attached hydrogens (tertiary/aromatic N) is 1. The van der Waals surface area contributed by atoms with Crippen LogP contribution in [0.1, 0.15) is 15.9 Å². The molecule has 0 aliphatic carbocycles. The van der Waals surface area contributed by atoms with Crippen LogP contribution >= 0.6 is 11.6 Å². The molecule has 150 valence electrons. The van der Waals surface area contributed by atoms with Crippen LogP contribution in [0, 0.1) is 0 Å². The second-order valence-corrected chi connectivity index (χ2v) is 7.57. The number of carbonyl (C=O) groups excluding carboxylic acids is 1. The highest BCUT2D eigenvalue weighted by Gasteiger charge is 2.19. The zero-order valence-corrected chi connectivity index (χ0v) is 17.2. The largest absolute Gasteiger partial charge is 0.338 e. The fourth-order valence-corrected chi connectivity index (χ4v) is 3.81. The number of amides is 1. The summed E-state index contributed by atoms with van der Waals surface area (Å²) in [5.74, 6) is 0.330. The molecule has 0 saturated carbocycles. The van der Waals surface area contributed by atoms with E-state index in [4.69, 9.17) is 16.6 Å². The Kier molecular flexibility index (Phi) is 4.98. The summed E-state index contributed by atoms with van der Waals surface area (Å²) in [7, 11) is 0. The number of hydrogen-bond acceptors (Lipinski definition) is 3. The summed E-state index contributed by atoms with van der Waals surface area (Å²) in [6, 6.07) is 28.6. The van der Waals surface area contributed by atoms with Crippen LogP contribution in [0.5, 0.6) is 0 Å². The summed E-state index contributed by atoms with van der Waals surface area (Å²) < 4.78 is 0. The zero-order chi connectivity index (χ0) is 21.2. The number of rotatable bonds is 4. The van der Waals surface area contributed by atoms with E-state index in [2.05, 4.69) is 22.8 Å². The van der Waals surface area contributed by atoms with Crippen LogP contribution in [0.15, 0.2) is 102 Å². The first kappa shape index (κ1) is 19.1. The van der Waals surface area contributed by atoms with Gasteiger partial charge in [-0.05, 0) is 47.4 Å². The average molecular weight is 424 g/mol. The van der Waals surface area contributed by atoms with Gasteiger partial charge in [0, 0.05) is 21.7 Å². The monoisotopic (exact) mass is 423 g/mol. The second kappa shape index (κ2) is 8.09. The van der Waals surface area contributed by atoms with Gasteiger partial charge >= 0.3 is 0 Å². The standard InChI is InChI=1S/C26H18ClN3O/c27-20-13-5-4-10-19(20)16-23(30-26(31)18-8-2-1-3-9-18)25-28-21-14-6-11-17-12-7-15-22(29-25)24(17)21/h1-16H,(H,28,29)(H,30,31)/b23-16-. The lowest BCUT2D eigenvalue weighted by molar-refractivity contribution is 0.0968. The molecule has 0 aromatic heterocycles. The van der Waals surface area contributed by atoms with Gasteiger partial charge in [-0.2, -0.15) is 0 Å². The Morgan fingerprint density at radius 3 is 2.42 bits per heavy atom. The topological polar surface area (TPSA) is 53.5 Å². The molecular weight excluding hydrogens is 406 g/mol. The number of benzene rings is 4. The van der Waals surface area contributed by atoms with Gasteiger partial charge < -0.3 is 10.6 Å². The van der Waals surface area contributed by atoms with E-state index in [-0.39, 0.29) is 5.91 Å². The molecule has 0 radical (unpaired) electrons. The number of halogens is 1. The number of amidine groups is 1. The first-order chi connectivity index (χ1) is 15.2. The molecule has 1 heterocycles. The molecule has 1 amide bonds. The van der Waals surface area contributed by atoms with E-state index in [0.29, 0.717) is 22.1 Å². The molecule has 5 heteroatoms. The number of nitrogens with one attached hydrogen (secondary N) is 2. The third kappa shape index (κ3) is 3.81. The van der Waals surface area contributed by atoms with Crippen molar-refractivity contribution >= 4 is 51.6 Å². The minimum Gasteiger partial charge on any atom is -0.338 e. The molecule has 31 heavy (non-hydrogen) atoms. The highest BCUT2D eigenvalue weighted by atomic mass is 35.5. The Hall–Kier alpha value is -3.89. The predicted octanol–water partition coefficient (Wildman–Crippen LogP) is 6.42. The lowest BCUT2D eigenvalue weighted by Crippen LogP contribution is -2.31. The first-order valence-corrected chi connectivity index (χ1v) is 10.3. The molecule has 0 bridgehead atoms. The molecule has 2 N–H and O–H groups in total. The van der Waals surface area contributed by atoms with Crippen molar-refractivity contribution in [1.29, 1.82) is 0 Å². The molecule has 4 nitrogen and oxygen atoms in total. The summed E-state index contributed by atoms with van der Waals surface area (Å²) in [6.45, 7) is 0. The van der Waals surface area contributed by atoms with Gasteiger partial charge in [-0.25, -0.2) is 4.99 Å². The van der Waals surface area contributed by atoms with Gasteiger partial charge in [0.05, 0.1) is 11.4 Å². The lowest BCUT2D eigenvalue weighted by Gasteiger charge is -2.21. The van der Waals surface area contributed by atoms with Crippen LogP contribution in [-0.2, 0) is 0 Å². The number of hydrogen-bond donors (Lipinski definition) is 2. The molecule has 0 saturated heterocycles. The van der Waals surface area contributed by atoms with Gasteiger partial charge in [-0.15, -0.1) is 0 Å². The average Bonchev–Trinajstić information content (AvgIpc) is 2.81. The molecule has 0 atom stereocenters. The Labute approximate surface area is 184 Å². The van der Waals surface area contributed by atoms with Crippen LogP contribution in [0.4, 0.5) is 11.4 Å². The number of aliphatic imine (C=N–C) groups is 1. The molecular formula is C26H18ClN3O. The Morgan fingerprint density at radius 2 is 1.61 bits per heavy atom. The molecule has 1 aliphatic rings. The van der Waals surface area contributed by atoms with Gasteiger partial charge in [-0.3, -0.25) is 4.79 Å². The highest BCUT2D eigenvalue weighted by Crippen LogP contribution is 2.36. The summed E-state index contributed by atoms with van der Waals surface area (Å²) >= 11 is 6.39. The van der Waals surface area contributed by atoms with E-state index in [0.717, 1.165) is 27.7 Å². The smallest absolute Gasteiger partial charge is 0.255 e. The van der Waals surface area contributed by atoms with E-state index in [1.807, 2.05) is 72.8 Å². The van der Waals surface area contributed by atoms with Crippen molar-refractivity contribution in [2.45, 2.75) is 0 Å². The van der Waals surface area contributed by atoms with E-state index in [1.54, 1.807) is 12.1 Å². The Bertz CT molecular complexity index is 1350. The summed E-state index contributed by atoms with van der Waals surface area (Å²) in [6.07, 6.45) is 1.84. The molecule has 4 aromatic carbocycles. The fraction of sp³-hybridized carbons (Fsp3) is 0. The second-order valence-electron chi connectivity index (χ2n) is 7.17. The van der Waals surface area contributed by atoms with Gasteiger partial charge in [0.1, 0.15) is 0 Å². The molecule has 0 unspecified atom stereocenters. The normalized spacial score (nSPS) is 12.8. The predicted molar refractivity (Wildman–Crippen MR) is 128 cm³/mol. The number of carbonyl (C=O) groups is 1. The van der Waals surface area contributed by atoms with Crippen LogP contribution in [0.25, 0.3) is 16.8 Å². The van der Waals surface area contributed by atoms with Gasteiger partial charge in [0.15, 0.2) is 5.84 Å². The van der Waals surface area contributed by atoms with E-state index < -0.39 is 0 Å². The van der Waals surface area contributed by atoms with E-state index >= 15 is 0 Å². The van der Waals surface area contributed by atoms with Crippen molar-refractivity contribution in [1.82, 2.24) is 5.32 Å². The van der Waals surface area contributed by atoms with Crippen molar-refractivity contribution in [3.8, 4) is 0 Å². The quantitative estimate of drug-likeness (QED) is 0.398. The van der Waals surface area contributed by atoms with Crippen molar-refractivity contribution in [2.24, 2.45) is 4.99 Å². The maximum Gasteiger partial charge on any atom is 0.255 e. The summed E-state index contributed by atoms with van der Waals surface area (Å²) in [4.78, 5) is 17.8. The Balaban J connectivity index is 1.61. The van der Waals surface area contributed by atoms with E-state index in [9.17, 15) is 4.79 Å². The minimum absolute atomic E-state index is 0.222. The highest BCUT2D eigenvalue weighted by molar-refractivity contribution is 6.32. The third-order valence-electron chi connectivity index (χ3n) is 5.11. The van der Waals surface area contributed by atoms with Crippen LogP contribution in [0.2, 0.25) is 5.02 Å². The van der Waals surface area contributed by atoms with Crippen LogP contribution in [0.3, 0.4) is 0 Å². The maximum absolute atomic E-state index is 12.9. The summed E-state index contributed by atoms with van der Waals surface area (Å²) in [5, 5.41) is 9.15. The lowest BCUT2D eigenvalue weighted by atomic mass is 10.0. The Morgan fingerprint density at radius 1 is 0.871 bits per heavy atom. The van der Waals surface area contributed by atoms with Crippen molar-refractivity contribution in [3.63, 3.8) is 0 Å². The van der Waals surface area contributed by atoms with Gasteiger partial charge in [0.25, 0.3) is 5.91 Å². The van der Waals surface area contributed by atoms with Crippen LogP contribution in [-0.4, -0.2) is 11.7 Å². The zero-order valence-electron chi connectivity index (χ0n) is 16.5. The number of anilines is 1. The maximum atomic E-state index is 12.9.